The van der Waals surface area contributed by atoms with Gasteiger partial charge in [0, 0.05) is 23.4 Å². The van der Waals surface area contributed by atoms with Gasteiger partial charge in [-0.1, -0.05) is 12.1 Å². The number of nitrogens with zero attached hydrogens (tertiary/aromatic N) is 2. The minimum atomic E-state index is -0.475. The van der Waals surface area contributed by atoms with E-state index in [2.05, 4.69) is 10.3 Å². The summed E-state index contributed by atoms with van der Waals surface area (Å²) in [4.78, 5) is 27.1. The number of benzene rings is 3. The van der Waals surface area contributed by atoms with Crippen LogP contribution in [0, 0.1) is 10.1 Å². The third-order valence-electron chi connectivity index (χ3n) is 4.52. The number of carbonyl (C=O) groups excluding carboxylic acids is 1. The minimum Gasteiger partial charge on any atom is -0.497 e. The van der Waals surface area contributed by atoms with Gasteiger partial charge in [-0.2, -0.15) is 0 Å². The summed E-state index contributed by atoms with van der Waals surface area (Å²) in [6.45, 7) is 0. The number of ether oxygens (including phenoxy) is 1. The normalized spacial score (nSPS) is 10.7. The maximum Gasteiger partial charge on any atom is 0.269 e. The van der Waals surface area contributed by atoms with Crippen LogP contribution in [0.2, 0.25) is 0 Å². The highest BCUT2D eigenvalue weighted by atomic mass is 16.6. The molecule has 1 heterocycles. The van der Waals surface area contributed by atoms with E-state index in [1.165, 1.54) is 12.1 Å². The van der Waals surface area contributed by atoms with Crippen LogP contribution in [-0.2, 0) is 11.2 Å². The standard InChI is InChI=1S/C22H17N3O5/c1-29-18-9-4-15(5-10-18)22-24-19-13-16(6-11-20(19)30-22)23-21(26)12-14-2-7-17(8-3-14)25(27)28/h2-11,13H,12H2,1H3,(H,23,26). The van der Waals surface area contributed by atoms with Crippen LogP contribution in [0.15, 0.2) is 71.1 Å². The Hall–Kier alpha value is -4.20. The molecule has 0 bridgehead atoms. The number of carbonyl (C=O) groups is 1. The summed E-state index contributed by atoms with van der Waals surface area (Å²) < 4.78 is 10.9. The molecule has 0 aliphatic carbocycles. The van der Waals surface area contributed by atoms with Gasteiger partial charge in [0.15, 0.2) is 5.58 Å². The second kappa shape index (κ2) is 8.04. The number of rotatable bonds is 6. The summed E-state index contributed by atoms with van der Waals surface area (Å²) in [5, 5.41) is 13.5. The van der Waals surface area contributed by atoms with E-state index in [-0.39, 0.29) is 18.0 Å². The van der Waals surface area contributed by atoms with E-state index < -0.39 is 4.92 Å². The van der Waals surface area contributed by atoms with E-state index in [9.17, 15) is 14.9 Å². The number of anilines is 1. The first-order valence-electron chi connectivity index (χ1n) is 9.10. The molecular weight excluding hydrogens is 386 g/mol. The number of oxazole rings is 1. The van der Waals surface area contributed by atoms with E-state index in [1.807, 2.05) is 24.3 Å². The number of non-ortho nitro benzene ring substituents is 1. The number of nitro benzene ring substituents is 1. The van der Waals surface area contributed by atoms with Crippen molar-refractivity contribution in [3.8, 4) is 17.2 Å². The third-order valence-corrected chi connectivity index (χ3v) is 4.52. The smallest absolute Gasteiger partial charge is 0.269 e. The monoisotopic (exact) mass is 403 g/mol. The molecule has 8 heteroatoms. The summed E-state index contributed by atoms with van der Waals surface area (Å²) in [5.74, 6) is 0.983. The van der Waals surface area contributed by atoms with Crippen molar-refractivity contribution in [2.75, 3.05) is 12.4 Å². The highest BCUT2D eigenvalue weighted by Gasteiger charge is 2.11. The third kappa shape index (κ3) is 4.12. The van der Waals surface area contributed by atoms with Crippen LogP contribution in [0.5, 0.6) is 5.75 Å². The lowest BCUT2D eigenvalue weighted by Crippen LogP contribution is -2.14. The van der Waals surface area contributed by atoms with Crippen LogP contribution in [0.3, 0.4) is 0 Å². The van der Waals surface area contributed by atoms with Gasteiger partial charge in [-0.05, 0) is 48.0 Å². The zero-order chi connectivity index (χ0) is 21.1. The molecule has 8 nitrogen and oxygen atoms in total. The summed E-state index contributed by atoms with van der Waals surface area (Å²) in [6, 6.07) is 18.5. The number of hydrogen-bond acceptors (Lipinski definition) is 6. The Kier molecular flexibility index (Phi) is 5.13. The fourth-order valence-electron chi connectivity index (χ4n) is 2.99. The lowest BCUT2D eigenvalue weighted by Gasteiger charge is -2.05. The first-order valence-corrected chi connectivity index (χ1v) is 9.10. The van der Waals surface area contributed by atoms with Gasteiger partial charge in [-0.15, -0.1) is 0 Å². The molecule has 0 saturated carbocycles. The average Bonchev–Trinajstić information content (AvgIpc) is 3.17. The molecule has 0 aliphatic rings. The van der Waals surface area contributed by atoms with E-state index in [1.54, 1.807) is 37.4 Å². The van der Waals surface area contributed by atoms with Crippen LogP contribution >= 0.6 is 0 Å². The highest BCUT2D eigenvalue weighted by Crippen LogP contribution is 2.27. The fraction of sp³-hybridized carbons (Fsp3) is 0.0909. The molecule has 1 N–H and O–H groups in total. The maximum absolute atomic E-state index is 12.3. The molecule has 0 saturated heterocycles. The quantitative estimate of drug-likeness (QED) is 0.373. The molecule has 3 aromatic carbocycles. The zero-order valence-electron chi connectivity index (χ0n) is 16.0. The molecule has 30 heavy (non-hydrogen) atoms. The molecule has 150 valence electrons. The molecule has 0 atom stereocenters. The summed E-state index contributed by atoms with van der Waals surface area (Å²) in [6.07, 6.45) is 0.103. The lowest BCUT2D eigenvalue weighted by molar-refractivity contribution is -0.384. The van der Waals surface area contributed by atoms with Crippen LogP contribution in [0.4, 0.5) is 11.4 Å². The van der Waals surface area contributed by atoms with Crippen molar-refractivity contribution < 1.29 is 18.9 Å². The number of nitro groups is 1. The molecule has 1 amide bonds. The van der Waals surface area contributed by atoms with Crippen molar-refractivity contribution in [2.45, 2.75) is 6.42 Å². The maximum atomic E-state index is 12.3. The Balaban J connectivity index is 1.47. The van der Waals surface area contributed by atoms with Gasteiger partial charge in [-0.25, -0.2) is 4.98 Å². The molecule has 0 unspecified atom stereocenters. The van der Waals surface area contributed by atoms with Gasteiger partial charge in [0.05, 0.1) is 18.5 Å². The van der Waals surface area contributed by atoms with E-state index >= 15 is 0 Å². The van der Waals surface area contributed by atoms with E-state index in [4.69, 9.17) is 9.15 Å². The predicted molar refractivity (Wildman–Crippen MR) is 111 cm³/mol. The SMILES string of the molecule is COc1ccc(-c2nc3cc(NC(=O)Cc4ccc([N+](=O)[O-])cc4)ccc3o2)cc1. The van der Waals surface area contributed by atoms with Gasteiger partial charge in [0.25, 0.3) is 5.69 Å². The lowest BCUT2D eigenvalue weighted by atomic mass is 10.1. The first kappa shape index (κ1) is 19.1. The van der Waals surface area contributed by atoms with E-state index in [0.29, 0.717) is 28.2 Å². The Morgan fingerprint density at radius 2 is 1.83 bits per heavy atom. The molecule has 0 radical (unpaired) electrons. The van der Waals surface area contributed by atoms with Crippen molar-refractivity contribution in [3.63, 3.8) is 0 Å². The van der Waals surface area contributed by atoms with Crippen molar-refractivity contribution in [2.24, 2.45) is 0 Å². The molecule has 0 spiro atoms. The molecule has 1 aromatic heterocycles. The second-order valence-electron chi connectivity index (χ2n) is 6.58. The molecule has 0 fully saturated rings. The van der Waals surface area contributed by atoms with Crippen LogP contribution < -0.4 is 10.1 Å². The number of aromatic nitrogens is 1. The van der Waals surface area contributed by atoms with Crippen LogP contribution in [-0.4, -0.2) is 22.9 Å². The van der Waals surface area contributed by atoms with Crippen LogP contribution in [0.1, 0.15) is 5.56 Å². The van der Waals surface area contributed by atoms with Gasteiger partial charge >= 0.3 is 0 Å². The predicted octanol–water partition coefficient (Wildman–Crippen LogP) is 4.59. The van der Waals surface area contributed by atoms with Crippen LogP contribution in [0.25, 0.3) is 22.6 Å². The van der Waals surface area contributed by atoms with Gasteiger partial charge in [0.2, 0.25) is 11.8 Å². The minimum absolute atomic E-state index is 0.0108. The van der Waals surface area contributed by atoms with Crippen molar-refractivity contribution >= 4 is 28.4 Å². The summed E-state index contributed by atoms with van der Waals surface area (Å²) in [5.41, 5.74) is 3.30. The zero-order valence-corrected chi connectivity index (χ0v) is 16.0. The largest absolute Gasteiger partial charge is 0.497 e. The molecule has 4 rings (SSSR count). The highest BCUT2D eigenvalue weighted by molar-refractivity contribution is 5.94. The molecular formula is C22H17N3O5. The van der Waals surface area contributed by atoms with Gasteiger partial charge in [0.1, 0.15) is 11.3 Å². The second-order valence-corrected chi connectivity index (χ2v) is 6.58. The topological polar surface area (TPSA) is 108 Å². The molecule has 4 aromatic rings. The number of nitrogens with one attached hydrogen (secondary N) is 1. The Morgan fingerprint density at radius 3 is 2.50 bits per heavy atom. The number of fused-ring (bicyclic) bond motifs is 1. The Labute approximate surface area is 171 Å². The Morgan fingerprint density at radius 1 is 1.10 bits per heavy atom. The molecule has 0 aliphatic heterocycles. The fourth-order valence-corrected chi connectivity index (χ4v) is 2.99. The Bertz CT molecular complexity index is 1210. The van der Waals surface area contributed by atoms with E-state index in [0.717, 1.165) is 11.3 Å². The average molecular weight is 403 g/mol. The van der Waals surface area contributed by atoms with Gasteiger partial charge < -0.3 is 14.5 Å². The first-order chi connectivity index (χ1) is 14.5. The number of amides is 1. The van der Waals surface area contributed by atoms with Crippen molar-refractivity contribution in [1.82, 2.24) is 4.98 Å². The number of methoxy groups -OCH3 is 1. The van der Waals surface area contributed by atoms with Gasteiger partial charge in [-0.3, -0.25) is 14.9 Å². The summed E-state index contributed by atoms with van der Waals surface area (Å²) >= 11 is 0. The van der Waals surface area contributed by atoms with Crippen molar-refractivity contribution in [1.29, 1.82) is 0 Å². The van der Waals surface area contributed by atoms with Crippen molar-refractivity contribution in [3.05, 3.63) is 82.4 Å². The number of hydrogen-bond donors (Lipinski definition) is 1. The summed E-state index contributed by atoms with van der Waals surface area (Å²) in [7, 11) is 1.60.